The largest absolute Gasteiger partial charge is 0.453 e. The number of rotatable bonds is 6. The van der Waals surface area contributed by atoms with E-state index < -0.39 is 57.9 Å². The van der Waals surface area contributed by atoms with Gasteiger partial charge in [-0.15, -0.1) is 0 Å². The van der Waals surface area contributed by atoms with Crippen molar-refractivity contribution in [2.45, 2.75) is 49.2 Å². The summed E-state index contributed by atoms with van der Waals surface area (Å²) in [5.41, 5.74) is 0. The fourth-order valence-electron chi connectivity index (χ4n) is 1.29. The van der Waals surface area contributed by atoms with Crippen LogP contribution in [-0.2, 0) is 9.84 Å². The van der Waals surface area contributed by atoms with E-state index in [2.05, 4.69) is 0 Å². The van der Waals surface area contributed by atoms with E-state index in [1.807, 2.05) is 0 Å². The molecule has 0 aromatic heterocycles. The average molecular weight is 361 g/mol. The predicted octanol–water partition coefficient (Wildman–Crippen LogP) is 3.61. The molecule has 3 nitrogen and oxygen atoms in total. The van der Waals surface area contributed by atoms with Gasteiger partial charge in [0.1, 0.15) is 0 Å². The Morgan fingerprint density at radius 1 is 0.909 bits per heavy atom. The fourth-order valence-corrected chi connectivity index (χ4v) is 2.82. The first kappa shape index (κ1) is 20.9. The lowest BCUT2D eigenvalue weighted by Gasteiger charge is -2.25. The molecule has 0 aliphatic heterocycles. The van der Waals surface area contributed by atoms with Gasteiger partial charge in [0.05, 0.1) is 11.8 Å². The maximum Gasteiger partial charge on any atom is 0.453 e. The second-order valence-electron chi connectivity index (χ2n) is 4.73. The van der Waals surface area contributed by atoms with Gasteiger partial charge in [0, 0.05) is 12.8 Å². The van der Waals surface area contributed by atoms with E-state index in [9.17, 15) is 43.5 Å². The molecule has 0 aliphatic rings. The molecule has 0 saturated heterocycles. The molecule has 0 rings (SSSR count). The first-order valence-corrected chi connectivity index (χ1v) is 7.27. The molecular formula is C10H11F8NO2S. The van der Waals surface area contributed by atoms with E-state index >= 15 is 0 Å². The van der Waals surface area contributed by atoms with E-state index in [0.29, 0.717) is 6.92 Å². The van der Waals surface area contributed by atoms with Crippen molar-refractivity contribution in [3.05, 3.63) is 0 Å². The SMILES string of the molecule is CC(C#N)(CCC(F)(F)F)S(=O)(=O)CCC(F)(F)C(F)(F)F. The number of hydrogen-bond donors (Lipinski definition) is 0. The number of nitriles is 1. The smallest absolute Gasteiger partial charge is 0.227 e. The molecule has 0 aromatic carbocycles. The van der Waals surface area contributed by atoms with Gasteiger partial charge in [0.2, 0.25) is 0 Å². The van der Waals surface area contributed by atoms with Gasteiger partial charge in [-0.25, -0.2) is 8.42 Å². The molecule has 0 aliphatic carbocycles. The topological polar surface area (TPSA) is 57.9 Å². The third-order valence-electron chi connectivity index (χ3n) is 2.91. The minimum Gasteiger partial charge on any atom is -0.227 e. The molecule has 0 saturated carbocycles. The van der Waals surface area contributed by atoms with Gasteiger partial charge >= 0.3 is 18.3 Å². The molecule has 0 N–H and O–H groups in total. The molecule has 0 aromatic rings. The third kappa shape index (κ3) is 5.26. The van der Waals surface area contributed by atoms with Gasteiger partial charge in [-0.05, 0) is 13.3 Å². The zero-order valence-corrected chi connectivity index (χ0v) is 11.8. The van der Waals surface area contributed by atoms with Gasteiger partial charge in [-0.3, -0.25) is 0 Å². The second kappa shape index (κ2) is 6.17. The summed E-state index contributed by atoms with van der Waals surface area (Å²) in [5.74, 6) is -7.08. The monoisotopic (exact) mass is 361 g/mol. The Balaban J connectivity index is 5.17. The van der Waals surface area contributed by atoms with Gasteiger partial charge in [-0.2, -0.15) is 40.4 Å². The maximum atomic E-state index is 12.7. The van der Waals surface area contributed by atoms with Crippen LogP contribution in [0.3, 0.4) is 0 Å². The Bertz CT molecular complexity index is 531. The first-order valence-electron chi connectivity index (χ1n) is 5.62. The number of alkyl halides is 8. The van der Waals surface area contributed by atoms with Crippen LogP contribution in [0.4, 0.5) is 35.1 Å². The van der Waals surface area contributed by atoms with E-state index in [0.717, 1.165) is 6.07 Å². The molecule has 12 heteroatoms. The van der Waals surface area contributed by atoms with Crippen molar-refractivity contribution in [1.29, 1.82) is 5.26 Å². The third-order valence-corrected chi connectivity index (χ3v) is 5.32. The summed E-state index contributed by atoms with van der Waals surface area (Å²) < 4.78 is 118. The number of sulfone groups is 1. The van der Waals surface area contributed by atoms with E-state index in [-0.39, 0.29) is 0 Å². The van der Waals surface area contributed by atoms with Crippen molar-refractivity contribution in [2.75, 3.05) is 5.75 Å². The van der Waals surface area contributed by atoms with Crippen LogP contribution in [0.25, 0.3) is 0 Å². The van der Waals surface area contributed by atoms with Gasteiger partial charge in [-0.1, -0.05) is 0 Å². The molecule has 0 fully saturated rings. The summed E-state index contributed by atoms with van der Waals surface area (Å²) in [6, 6.07) is 1.05. The molecule has 0 bridgehead atoms. The van der Waals surface area contributed by atoms with E-state index in [4.69, 9.17) is 5.26 Å². The minimum absolute atomic E-state index is 0.555. The summed E-state index contributed by atoms with van der Waals surface area (Å²) >= 11 is 0. The van der Waals surface area contributed by atoms with E-state index in [1.165, 1.54) is 0 Å². The van der Waals surface area contributed by atoms with Crippen LogP contribution >= 0.6 is 0 Å². The Labute approximate surface area is 120 Å². The Morgan fingerprint density at radius 2 is 1.36 bits per heavy atom. The Hall–Kier alpha value is -1.12. The summed E-state index contributed by atoms with van der Waals surface area (Å²) in [6.45, 7) is 0.555. The number of hydrogen-bond acceptors (Lipinski definition) is 3. The minimum atomic E-state index is -5.99. The highest BCUT2D eigenvalue weighted by Crippen LogP contribution is 2.39. The van der Waals surface area contributed by atoms with Crippen LogP contribution in [0, 0.1) is 11.3 Å². The highest BCUT2D eigenvalue weighted by Gasteiger charge is 2.58. The summed E-state index contributed by atoms with van der Waals surface area (Å²) in [7, 11) is -4.93. The zero-order valence-electron chi connectivity index (χ0n) is 11.0. The van der Waals surface area contributed by atoms with Crippen molar-refractivity contribution >= 4 is 9.84 Å². The van der Waals surface area contributed by atoms with Crippen LogP contribution in [0.1, 0.15) is 26.2 Å². The molecule has 1 atom stereocenters. The van der Waals surface area contributed by atoms with Crippen molar-refractivity contribution < 1.29 is 43.5 Å². The lowest BCUT2D eigenvalue weighted by Crippen LogP contribution is -2.42. The summed E-state index contributed by atoms with van der Waals surface area (Å²) in [5, 5.41) is 8.70. The van der Waals surface area contributed by atoms with Gasteiger partial charge in [0.25, 0.3) is 0 Å². The van der Waals surface area contributed by atoms with Crippen molar-refractivity contribution in [1.82, 2.24) is 0 Å². The molecule has 0 heterocycles. The lowest BCUT2D eigenvalue weighted by atomic mass is 10.1. The molecule has 22 heavy (non-hydrogen) atoms. The molecule has 0 spiro atoms. The summed E-state index contributed by atoms with van der Waals surface area (Å²) in [4.78, 5) is 0. The lowest BCUT2D eigenvalue weighted by molar-refractivity contribution is -0.282. The first-order chi connectivity index (χ1) is 9.47. The summed E-state index contributed by atoms with van der Waals surface area (Å²) in [6.07, 6.45) is -15.9. The second-order valence-corrected chi connectivity index (χ2v) is 7.27. The quantitative estimate of drug-likeness (QED) is 0.679. The molecular weight excluding hydrogens is 350 g/mol. The van der Waals surface area contributed by atoms with Gasteiger partial charge in [0.15, 0.2) is 14.6 Å². The molecule has 1 unspecified atom stereocenters. The van der Waals surface area contributed by atoms with Crippen LogP contribution in [-0.4, -0.2) is 37.2 Å². The van der Waals surface area contributed by atoms with Crippen LogP contribution in [0.5, 0.6) is 0 Å². The Morgan fingerprint density at radius 3 is 1.68 bits per heavy atom. The van der Waals surface area contributed by atoms with Gasteiger partial charge < -0.3 is 0 Å². The van der Waals surface area contributed by atoms with Crippen LogP contribution in [0.15, 0.2) is 0 Å². The normalized spacial score (nSPS) is 16.9. The van der Waals surface area contributed by atoms with Crippen molar-refractivity contribution in [2.24, 2.45) is 0 Å². The maximum absolute atomic E-state index is 12.7. The van der Waals surface area contributed by atoms with Crippen LogP contribution < -0.4 is 0 Å². The molecule has 0 amide bonds. The van der Waals surface area contributed by atoms with E-state index in [1.54, 1.807) is 0 Å². The van der Waals surface area contributed by atoms with Crippen molar-refractivity contribution in [3.8, 4) is 6.07 Å². The Kier molecular flexibility index (Phi) is 5.86. The fraction of sp³-hybridized carbons (Fsp3) is 0.900. The standard InChI is InChI=1S/C10H11F8NO2S/c1-7(6-19,2-3-9(13,14)15)22(20,21)5-4-8(11,12)10(16,17)18/h2-5H2,1H3. The highest BCUT2D eigenvalue weighted by atomic mass is 32.2. The zero-order chi connectivity index (χ0) is 18.0. The molecule has 130 valence electrons. The number of nitrogens with zero attached hydrogens (tertiary/aromatic N) is 1. The average Bonchev–Trinajstić information content (AvgIpc) is 2.31. The number of halogens is 8. The molecule has 0 radical (unpaired) electrons. The predicted molar refractivity (Wildman–Crippen MR) is 58.7 cm³/mol. The van der Waals surface area contributed by atoms with Crippen molar-refractivity contribution in [3.63, 3.8) is 0 Å². The highest BCUT2D eigenvalue weighted by molar-refractivity contribution is 7.93. The van der Waals surface area contributed by atoms with Crippen LogP contribution in [0.2, 0.25) is 0 Å².